The number of ether oxygens (including phenoxy) is 2. The van der Waals surface area contributed by atoms with Gasteiger partial charge in [-0.2, -0.15) is 9.97 Å². The highest BCUT2D eigenvalue weighted by Crippen LogP contribution is 2.20. The summed E-state index contributed by atoms with van der Waals surface area (Å²) in [7, 11) is 2.81. The van der Waals surface area contributed by atoms with Gasteiger partial charge in [0.05, 0.1) is 14.2 Å². The third-order valence-electron chi connectivity index (χ3n) is 2.07. The van der Waals surface area contributed by atoms with Gasteiger partial charge in [0, 0.05) is 12.5 Å². The molecular weight excluding hydrogens is 214 g/mol. The van der Waals surface area contributed by atoms with Gasteiger partial charge in [-0.3, -0.25) is 0 Å². The van der Waals surface area contributed by atoms with Crippen LogP contribution in [0.15, 0.2) is 0 Å². The second kappa shape index (κ2) is 5.57. The Hall–Kier alpha value is -1.47. The Balaban J connectivity index is 3.02. The van der Waals surface area contributed by atoms with Crippen LogP contribution in [0.3, 0.4) is 0 Å². The summed E-state index contributed by atoms with van der Waals surface area (Å²) in [6.07, 6.45) is -0.990. The fourth-order valence-corrected chi connectivity index (χ4v) is 1.02. The van der Waals surface area contributed by atoms with Crippen molar-refractivity contribution in [2.75, 3.05) is 20.8 Å². The molecule has 1 heterocycles. The van der Waals surface area contributed by atoms with Crippen molar-refractivity contribution in [2.24, 2.45) is 5.92 Å². The van der Waals surface area contributed by atoms with Crippen LogP contribution in [0, 0.1) is 5.92 Å². The van der Waals surface area contributed by atoms with Crippen molar-refractivity contribution < 1.29 is 19.7 Å². The van der Waals surface area contributed by atoms with Crippen LogP contribution >= 0.6 is 0 Å². The van der Waals surface area contributed by atoms with Crippen molar-refractivity contribution in [3.8, 4) is 12.0 Å². The van der Waals surface area contributed by atoms with E-state index in [1.165, 1.54) is 14.2 Å². The Bertz CT molecular complexity index is 325. The zero-order valence-corrected chi connectivity index (χ0v) is 9.41. The minimum absolute atomic E-state index is 0.0611. The van der Waals surface area contributed by atoms with Gasteiger partial charge < -0.3 is 19.7 Å². The largest absolute Gasteiger partial charge is 0.467 e. The van der Waals surface area contributed by atoms with E-state index in [2.05, 4.69) is 15.0 Å². The average Bonchev–Trinajstić information content (AvgIpc) is 2.35. The van der Waals surface area contributed by atoms with E-state index < -0.39 is 6.10 Å². The van der Waals surface area contributed by atoms with Crippen LogP contribution in [0.5, 0.6) is 12.0 Å². The molecule has 0 aliphatic heterocycles. The van der Waals surface area contributed by atoms with E-state index in [9.17, 15) is 5.11 Å². The van der Waals surface area contributed by atoms with Gasteiger partial charge in [-0.05, 0) is 0 Å². The van der Waals surface area contributed by atoms with Gasteiger partial charge in [-0.1, -0.05) is 6.92 Å². The van der Waals surface area contributed by atoms with E-state index in [4.69, 9.17) is 14.6 Å². The number of aromatic nitrogens is 3. The number of hydrogen-bond donors (Lipinski definition) is 2. The number of methoxy groups -OCH3 is 2. The lowest BCUT2D eigenvalue weighted by Crippen LogP contribution is -2.17. The third kappa shape index (κ3) is 2.77. The lowest BCUT2D eigenvalue weighted by Gasteiger charge is -2.15. The SMILES string of the molecule is COc1nc(OC)nc(C(O)C(C)CO)n1. The highest BCUT2D eigenvalue weighted by Gasteiger charge is 2.21. The van der Waals surface area contributed by atoms with E-state index in [0.717, 1.165) is 0 Å². The Morgan fingerprint density at radius 3 is 2.00 bits per heavy atom. The molecule has 0 saturated heterocycles. The highest BCUT2D eigenvalue weighted by molar-refractivity contribution is 5.07. The molecule has 0 fully saturated rings. The standard InChI is InChI=1S/C9H15N3O4/c1-5(4-13)6(14)7-10-8(15-2)12-9(11-7)16-3/h5-6,13-14H,4H2,1-3H3. The first kappa shape index (κ1) is 12.6. The normalized spacial score (nSPS) is 14.3. The fraction of sp³-hybridized carbons (Fsp3) is 0.667. The zero-order chi connectivity index (χ0) is 12.1. The van der Waals surface area contributed by atoms with Gasteiger partial charge >= 0.3 is 12.0 Å². The molecule has 0 aliphatic rings. The van der Waals surface area contributed by atoms with Crippen LogP contribution in [-0.2, 0) is 0 Å². The van der Waals surface area contributed by atoms with E-state index in [-0.39, 0.29) is 30.4 Å². The first-order chi connectivity index (χ1) is 7.62. The molecule has 90 valence electrons. The molecule has 0 bridgehead atoms. The topological polar surface area (TPSA) is 97.6 Å². The molecule has 1 rings (SSSR count). The smallest absolute Gasteiger partial charge is 0.322 e. The first-order valence-corrected chi connectivity index (χ1v) is 4.75. The molecule has 7 nitrogen and oxygen atoms in total. The second-order valence-electron chi connectivity index (χ2n) is 3.27. The van der Waals surface area contributed by atoms with E-state index in [1.54, 1.807) is 6.92 Å². The van der Waals surface area contributed by atoms with E-state index in [1.807, 2.05) is 0 Å². The van der Waals surface area contributed by atoms with Crippen molar-refractivity contribution in [2.45, 2.75) is 13.0 Å². The summed E-state index contributed by atoms with van der Waals surface area (Å²) in [6.45, 7) is 1.50. The van der Waals surface area contributed by atoms with Crippen molar-refractivity contribution in [1.82, 2.24) is 15.0 Å². The number of aliphatic hydroxyl groups excluding tert-OH is 2. The molecule has 1 aromatic heterocycles. The van der Waals surface area contributed by atoms with E-state index in [0.29, 0.717) is 0 Å². The number of aliphatic hydroxyl groups is 2. The maximum absolute atomic E-state index is 9.81. The summed E-state index contributed by atoms with van der Waals surface area (Å²) in [4.78, 5) is 11.6. The zero-order valence-electron chi connectivity index (χ0n) is 9.41. The summed E-state index contributed by atoms with van der Waals surface area (Å²) < 4.78 is 9.69. The second-order valence-corrected chi connectivity index (χ2v) is 3.27. The molecule has 1 aromatic rings. The number of nitrogens with zero attached hydrogens (tertiary/aromatic N) is 3. The monoisotopic (exact) mass is 229 g/mol. The van der Waals surface area contributed by atoms with Gasteiger partial charge in [0.15, 0.2) is 5.82 Å². The molecule has 0 saturated carbocycles. The highest BCUT2D eigenvalue weighted by atomic mass is 16.5. The van der Waals surface area contributed by atoms with Crippen molar-refractivity contribution in [3.05, 3.63) is 5.82 Å². The molecule has 0 spiro atoms. The molecule has 16 heavy (non-hydrogen) atoms. The van der Waals surface area contributed by atoms with Crippen LogP contribution in [0.1, 0.15) is 18.9 Å². The van der Waals surface area contributed by atoms with Crippen LogP contribution in [-0.4, -0.2) is 46.0 Å². The van der Waals surface area contributed by atoms with Crippen LogP contribution < -0.4 is 9.47 Å². The Kier molecular flexibility index (Phi) is 4.39. The molecule has 0 radical (unpaired) electrons. The quantitative estimate of drug-likeness (QED) is 0.705. The molecule has 2 atom stereocenters. The Labute approximate surface area is 93.1 Å². The van der Waals surface area contributed by atoms with Crippen LogP contribution in [0.2, 0.25) is 0 Å². The average molecular weight is 229 g/mol. The summed E-state index contributed by atoms with van der Waals surface area (Å²) in [6, 6.07) is 0.122. The molecule has 0 aliphatic carbocycles. The molecule has 0 aromatic carbocycles. The maximum Gasteiger partial charge on any atom is 0.322 e. The predicted molar refractivity (Wildman–Crippen MR) is 54.1 cm³/mol. The molecule has 0 amide bonds. The number of hydrogen-bond acceptors (Lipinski definition) is 7. The van der Waals surface area contributed by atoms with Crippen molar-refractivity contribution >= 4 is 0 Å². The molecule has 2 unspecified atom stereocenters. The van der Waals surface area contributed by atoms with Gasteiger partial charge in [0.2, 0.25) is 0 Å². The summed E-state index contributed by atoms with van der Waals surface area (Å²) >= 11 is 0. The number of rotatable bonds is 5. The van der Waals surface area contributed by atoms with Crippen molar-refractivity contribution in [3.63, 3.8) is 0 Å². The van der Waals surface area contributed by atoms with Crippen molar-refractivity contribution in [1.29, 1.82) is 0 Å². The summed E-state index contributed by atoms with van der Waals surface area (Å²) in [5, 5.41) is 18.7. The maximum atomic E-state index is 9.81. The van der Waals surface area contributed by atoms with Crippen LogP contribution in [0.4, 0.5) is 0 Å². The lowest BCUT2D eigenvalue weighted by molar-refractivity contribution is 0.0686. The van der Waals surface area contributed by atoms with E-state index >= 15 is 0 Å². The van der Waals surface area contributed by atoms with Gasteiger partial charge in [-0.25, -0.2) is 0 Å². The van der Waals surface area contributed by atoms with Crippen LogP contribution in [0.25, 0.3) is 0 Å². The summed E-state index contributed by atoms with van der Waals surface area (Å²) in [5.74, 6) is -0.262. The van der Waals surface area contributed by atoms with Gasteiger partial charge in [0.1, 0.15) is 6.10 Å². The Morgan fingerprint density at radius 2 is 1.62 bits per heavy atom. The lowest BCUT2D eigenvalue weighted by atomic mass is 10.1. The predicted octanol–water partition coefficient (Wildman–Crippen LogP) is -0.449. The third-order valence-corrected chi connectivity index (χ3v) is 2.07. The van der Waals surface area contributed by atoms with Gasteiger partial charge in [0.25, 0.3) is 0 Å². The summed E-state index contributed by atoms with van der Waals surface area (Å²) in [5.41, 5.74) is 0. The van der Waals surface area contributed by atoms with Gasteiger partial charge in [-0.15, -0.1) is 4.98 Å². The Morgan fingerprint density at radius 1 is 1.12 bits per heavy atom. The minimum atomic E-state index is -0.990. The molecule has 7 heteroatoms. The minimum Gasteiger partial charge on any atom is -0.467 e. The molecule has 2 N–H and O–H groups in total. The molecular formula is C9H15N3O4. The fourth-order valence-electron chi connectivity index (χ4n) is 1.02. The first-order valence-electron chi connectivity index (χ1n) is 4.75.